The van der Waals surface area contributed by atoms with E-state index in [1.807, 2.05) is 13.8 Å². The molecule has 0 saturated carbocycles. The van der Waals surface area contributed by atoms with Crippen molar-refractivity contribution in [3.63, 3.8) is 0 Å². The minimum Gasteiger partial charge on any atom is -0.467 e. The first kappa shape index (κ1) is 21.3. The summed E-state index contributed by atoms with van der Waals surface area (Å²) in [7, 11) is 0. The Bertz CT molecular complexity index is 964. The van der Waals surface area contributed by atoms with Crippen LogP contribution in [0.1, 0.15) is 64.0 Å². The number of fused-ring (bicyclic) bond motifs is 1. The Hall–Kier alpha value is -3.42. The number of rotatable bonds is 8. The molecule has 8 heteroatoms. The fraction of sp³-hybridized carbons (Fsp3) is 0.364. The van der Waals surface area contributed by atoms with Crippen molar-refractivity contribution < 1.29 is 28.3 Å². The lowest BCUT2D eigenvalue weighted by atomic mass is 10.1. The number of nitrogens with zero attached hydrogens (tertiary/aromatic N) is 1. The maximum atomic E-state index is 12.6. The highest BCUT2D eigenvalue weighted by Crippen LogP contribution is 2.25. The molecule has 0 radical (unpaired) electrons. The third-order valence-corrected chi connectivity index (χ3v) is 4.81. The molecule has 8 nitrogen and oxygen atoms in total. The molecule has 158 valence electrons. The number of ether oxygens (including phenoxy) is 1. The van der Waals surface area contributed by atoms with Crippen molar-refractivity contribution >= 4 is 23.7 Å². The van der Waals surface area contributed by atoms with Gasteiger partial charge in [0.15, 0.2) is 6.10 Å². The van der Waals surface area contributed by atoms with E-state index in [1.165, 1.54) is 36.3 Å². The summed E-state index contributed by atoms with van der Waals surface area (Å²) in [6.07, 6.45) is 1.15. The van der Waals surface area contributed by atoms with Crippen LogP contribution in [0.3, 0.4) is 0 Å². The third-order valence-electron chi connectivity index (χ3n) is 4.81. The molecule has 0 saturated heterocycles. The molecule has 3 amide bonds. The lowest BCUT2D eigenvalue weighted by Gasteiger charge is -2.14. The van der Waals surface area contributed by atoms with E-state index in [1.54, 1.807) is 12.1 Å². The Labute approximate surface area is 174 Å². The first-order valence-corrected chi connectivity index (χ1v) is 9.79. The van der Waals surface area contributed by atoms with Gasteiger partial charge in [0.25, 0.3) is 17.7 Å². The number of amides is 3. The largest absolute Gasteiger partial charge is 0.467 e. The number of carbonyl (C=O) groups is 4. The van der Waals surface area contributed by atoms with Crippen LogP contribution in [0.25, 0.3) is 0 Å². The molecule has 2 heterocycles. The zero-order valence-electron chi connectivity index (χ0n) is 17.1. The lowest BCUT2D eigenvalue weighted by Crippen LogP contribution is -2.35. The Morgan fingerprint density at radius 1 is 1.10 bits per heavy atom. The van der Waals surface area contributed by atoms with Crippen LogP contribution in [0.2, 0.25) is 0 Å². The van der Waals surface area contributed by atoms with Crippen LogP contribution < -0.4 is 5.32 Å². The molecule has 1 aliphatic heterocycles. The van der Waals surface area contributed by atoms with E-state index in [9.17, 15) is 19.2 Å². The van der Waals surface area contributed by atoms with Crippen LogP contribution in [0.4, 0.5) is 0 Å². The summed E-state index contributed by atoms with van der Waals surface area (Å²) < 4.78 is 10.3. The van der Waals surface area contributed by atoms with Crippen molar-refractivity contribution in [1.82, 2.24) is 10.2 Å². The maximum absolute atomic E-state index is 12.6. The molecule has 0 aliphatic carbocycles. The van der Waals surface area contributed by atoms with Crippen LogP contribution in [0.5, 0.6) is 0 Å². The first-order valence-electron chi connectivity index (χ1n) is 9.79. The Morgan fingerprint density at radius 2 is 1.83 bits per heavy atom. The topological polar surface area (TPSA) is 106 Å². The summed E-state index contributed by atoms with van der Waals surface area (Å²) in [5.74, 6) is -1.09. The molecule has 1 atom stereocenters. The molecule has 1 aromatic heterocycles. The Balaban J connectivity index is 1.63. The molecule has 1 aliphatic rings. The van der Waals surface area contributed by atoms with E-state index >= 15 is 0 Å². The quantitative estimate of drug-likeness (QED) is 0.528. The zero-order valence-corrected chi connectivity index (χ0v) is 17.1. The van der Waals surface area contributed by atoms with Crippen LogP contribution in [0, 0.1) is 5.92 Å². The van der Waals surface area contributed by atoms with Gasteiger partial charge in [-0.1, -0.05) is 13.8 Å². The maximum Gasteiger partial charge on any atom is 0.338 e. The summed E-state index contributed by atoms with van der Waals surface area (Å²) in [4.78, 5) is 50.8. The number of esters is 1. The van der Waals surface area contributed by atoms with Gasteiger partial charge in [-0.3, -0.25) is 19.3 Å². The van der Waals surface area contributed by atoms with Gasteiger partial charge in [-0.2, -0.15) is 0 Å². The molecule has 2 aromatic rings. The normalized spacial score (nSPS) is 14.1. The van der Waals surface area contributed by atoms with Crippen LogP contribution in [0.15, 0.2) is 41.0 Å². The average molecular weight is 412 g/mol. The van der Waals surface area contributed by atoms with E-state index in [2.05, 4.69) is 5.32 Å². The third kappa shape index (κ3) is 4.59. The Morgan fingerprint density at radius 3 is 2.50 bits per heavy atom. The number of imide groups is 1. The highest BCUT2D eigenvalue weighted by Gasteiger charge is 2.36. The molecule has 0 spiro atoms. The van der Waals surface area contributed by atoms with Crippen LogP contribution >= 0.6 is 0 Å². The number of benzene rings is 1. The smallest absolute Gasteiger partial charge is 0.338 e. The van der Waals surface area contributed by atoms with Gasteiger partial charge in [-0.15, -0.1) is 0 Å². The summed E-state index contributed by atoms with van der Waals surface area (Å²) in [6, 6.07) is 7.63. The number of furan rings is 1. The number of carbonyl (C=O) groups excluding carboxylic acids is 4. The number of nitrogens with one attached hydrogen (secondary N) is 1. The minimum absolute atomic E-state index is 0.103. The van der Waals surface area contributed by atoms with Crippen LogP contribution in [-0.2, 0) is 16.1 Å². The van der Waals surface area contributed by atoms with Gasteiger partial charge < -0.3 is 14.5 Å². The van der Waals surface area contributed by atoms with E-state index in [0.717, 1.165) is 0 Å². The molecule has 0 bridgehead atoms. The molecule has 3 rings (SSSR count). The second-order valence-electron chi connectivity index (χ2n) is 7.55. The van der Waals surface area contributed by atoms with Gasteiger partial charge in [0, 0.05) is 6.54 Å². The summed E-state index contributed by atoms with van der Waals surface area (Å²) in [5, 5.41) is 2.61. The molecule has 1 aromatic carbocycles. The highest BCUT2D eigenvalue weighted by molar-refractivity contribution is 6.22. The number of hydrogen-bond donors (Lipinski definition) is 1. The van der Waals surface area contributed by atoms with E-state index in [0.29, 0.717) is 24.6 Å². The summed E-state index contributed by atoms with van der Waals surface area (Å²) in [6.45, 7) is 5.98. The number of hydrogen-bond acceptors (Lipinski definition) is 6. The van der Waals surface area contributed by atoms with Gasteiger partial charge in [0.1, 0.15) is 5.76 Å². The molecule has 1 N–H and O–H groups in total. The van der Waals surface area contributed by atoms with Crippen LogP contribution in [-0.4, -0.2) is 41.2 Å². The second-order valence-corrected chi connectivity index (χ2v) is 7.55. The van der Waals surface area contributed by atoms with Gasteiger partial charge in [-0.05, 0) is 49.6 Å². The molecular weight excluding hydrogens is 388 g/mol. The molecule has 0 fully saturated rings. The van der Waals surface area contributed by atoms with Gasteiger partial charge in [0.05, 0.1) is 29.5 Å². The predicted molar refractivity (Wildman–Crippen MR) is 107 cm³/mol. The Kier molecular flexibility index (Phi) is 6.34. The minimum atomic E-state index is -1.04. The van der Waals surface area contributed by atoms with Gasteiger partial charge in [0.2, 0.25) is 0 Å². The van der Waals surface area contributed by atoms with E-state index < -0.39 is 23.9 Å². The van der Waals surface area contributed by atoms with E-state index in [4.69, 9.17) is 9.15 Å². The molecule has 0 unspecified atom stereocenters. The second kappa shape index (κ2) is 8.94. The van der Waals surface area contributed by atoms with Gasteiger partial charge in [-0.25, -0.2) is 4.79 Å². The zero-order chi connectivity index (χ0) is 21.8. The fourth-order valence-corrected chi connectivity index (χ4v) is 3.02. The predicted octanol–water partition coefficient (Wildman–Crippen LogP) is 2.78. The summed E-state index contributed by atoms with van der Waals surface area (Å²) in [5.41, 5.74) is 0.545. The highest BCUT2D eigenvalue weighted by atomic mass is 16.5. The van der Waals surface area contributed by atoms with Crippen molar-refractivity contribution in [2.45, 2.75) is 39.8 Å². The van der Waals surface area contributed by atoms with E-state index in [-0.39, 0.29) is 29.1 Å². The lowest BCUT2D eigenvalue weighted by molar-refractivity contribution is -0.129. The van der Waals surface area contributed by atoms with Crippen molar-refractivity contribution in [1.29, 1.82) is 0 Å². The average Bonchev–Trinajstić information content (AvgIpc) is 3.31. The van der Waals surface area contributed by atoms with Gasteiger partial charge >= 0.3 is 5.97 Å². The molecule has 30 heavy (non-hydrogen) atoms. The monoisotopic (exact) mass is 412 g/mol. The first-order chi connectivity index (χ1) is 14.3. The van der Waals surface area contributed by atoms with Crippen molar-refractivity contribution in [3.05, 3.63) is 59.0 Å². The van der Waals surface area contributed by atoms with Crippen molar-refractivity contribution in [2.24, 2.45) is 5.92 Å². The fourth-order valence-electron chi connectivity index (χ4n) is 3.02. The standard InChI is InChI=1S/C22H24N2O6/c1-13(2)8-9-24-20(26)17-7-6-15(11-18(17)21(24)27)22(28)30-14(3)19(25)23-12-16-5-4-10-29-16/h4-7,10-11,13-14H,8-9,12H2,1-3H3,(H,23,25)/t14-/m1/s1. The molecular formula is C22H24N2O6. The van der Waals surface area contributed by atoms with Crippen molar-refractivity contribution in [3.8, 4) is 0 Å². The summed E-state index contributed by atoms with van der Waals surface area (Å²) >= 11 is 0. The SMILES string of the molecule is CC(C)CCN1C(=O)c2ccc(C(=O)O[C@H](C)C(=O)NCc3ccco3)cc2C1=O. The van der Waals surface area contributed by atoms with Crippen molar-refractivity contribution in [2.75, 3.05) is 6.54 Å².